The molecule has 1 N–H and O–H groups in total. The van der Waals surface area contributed by atoms with E-state index in [-0.39, 0.29) is 17.4 Å². The van der Waals surface area contributed by atoms with E-state index in [0.717, 1.165) is 17.5 Å². The first-order valence-corrected chi connectivity index (χ1v) is 12.1. The summed E-state index contributed by atoms with van der Waals surface area (Å²) in [6.07, 6.45) is 1.53. The molecule has 34 heavy (non-hydrogen) atoms. The second kappa shape index (κ2) is 11.5. The number of hydrogen-bond acceptors (Lipinski definition) is 5. The van der Waals surface area contributed by atoms with Crippen molar-refractivity contribution in [3.63, 3.8) is 0 Å². The third kappa shape index (κ3) is 5.62. The molecule has 0 unspecified atom stereocenters. The van der Waals surface area contributed by atoms with Crippen LogP contribution < -0.4 is 4.74 Å². The number of ether oxygens (including phenoxy) is 2. The Morgan fingerprint density at radius 2 is 1.82 bits per heavy atom. The standard InChI is InChI=1S/C27H32ClNO5/c1-5-18-8-10-19(11-9-18)24-23(25(30)20-12-13-22(33-6-2)21(28)16-20)26(31)27(32)29(24)14-7-15-34-17(3)4/h8-13,16-17,24,30H,5-7,14-15H2,1-4H3/t24-/m1/s1. The summed E-state index contributed by atoms with van der Waals surface area (Å²) in [6, 6.07) is 11.9. The molecule has 1 heterocycles. The molecule has 1 aliphatic heterocycles. The van der Waals surface area contributed by atoms with E-state index in [1.165, 1.54) is 4.90 Å². The lowest BCUT2D eigenvalue weighted by molar-refractivity contribution is -0.140. The van der Waals surface area contributed by atoms with E-state index in [1.54, 1.807) is 18.2 Å². The zero-order chi connectivity index (χ0) is 24.8. The summed E-state index contributed by atoms with van der Waals surface area (Å²) in [4.78, 5) is 27.7. The number of amides is 1. The van der Waals surface area contributed by atoms with Crippen molar-refractivity contribution >= 4 is 29.1 Å². The normalized spacial score (nSPS) is 17.6. The average molecular weight is 486 g/mol. The smallest absolute Gasteiger partial charge is 0.295 e. The number of ketones is 1. The maximum absolute atomic E-state index is 13.1. The zero-order valence-corrected chi connectivity index (χ0v) is 20.9. The number of rotatable bonds is 10. The van der Waals surface area contributed by atoms with Crippen LogP contribution in [0.25, 0.3) is 5.76 Å². The lowest BCUT2D eigenvalue weighted by Gasteiger charge is -2.25. The van der Waals surface area contributed by atoms with Gasteiger partial charge in [0.05, 0.1) is 29.3 Å². The summed E-state index contributed by atoms with van der Waals surface area (Å²) in [6.45, 7) is 9.06. The fourth-order valence-corrected chi connectivity index (χ4v) is 4.26. The number of benzene rings is 2. The number of carbonyl (C=O) groups excluding carboxylic acids is 2. The first-order chi connectivity index (χ1) is 16.3. The molecule has 182 valence electrons. The number of Topliss-reactive ketones (excluding diaryl/α,β-unsaturated/α-hetero) is 1. The summed E-state index contributed by atoms with van der Waals surface area (Å²) in [7, 11) is 0. The van der Waals surface area contributed by atoms with E-state index in [1.807, 2.05) is 45.0 Å². The van der Waals surface area contributed by atoms with Crippen LogP contribution in [0.15, 0.2) is 48.0 Å². The molecule has 2 aromatic carbocycles. The molecule has 0 spiro atoms. The van der Waals surface area contributed by atoms with Crippen LogP contribution in [0.5, 0.6) is 5.75 Å². The third-order valence-electron chi connectivity index (χ3n) is 5.74. The van der Waals surface area contributed by atoms with Gasteiger partial charge in [-0.2, -0.15) is 0 Å². The van der Waals surface area contributed by atoms with Crippen molar-refractivity contribution in [3.8, 4) is 5.75 Å². The molecular formula is C27H32ClNO5. The van der Waals surface area contributed by atoms with Crippen LogP contribution in [0.4, 0.5) is 0 Å². The van der Waals surface area contributed by atoms with Crippen molar-refractivity contribution in [2.24, 2.45) is 0 Å². The molecule has 0 aliphatic carbocycles. The molecule has 0 saturated carbocycles. The highest BCUT2D eigenvalue weighted by molar-refractivity contribution is 6.46. The number of carbonyl (C=O) groups is 2. The molecule has 1 amide bonds. The SMILES string of the molecule is CCOc1ccc(C(O)=C2C(=O)C(=O)N(CCCOC(C)C)[C@@H]2c2ccc(CC)cc2)cc1Cl. The molecule has 0 radical (unpaired) electrons. The first kappa shape index (κ1) is 25.8. The number of likely N-dealkylation sites (tertiary alicyclic amines) is 1. The molecule has 0 bridgehead atoms. The van der Waals surface area contributed by atoms with Gasteiger partial charge in [0.25, 0.3) is 11.7 Å². The van der Waals surface area contributed by atoms with E-state index in [4.69, 9.17) is 21.1 Å². The third-order valence-corrected chi connectivity index (χ3v) is 6.04. The molecule has 1 aliphatic rings. The van der Waals surface area contributed by atoms with Gasteiger partial charge in [-0.05, 0) is 62.9 Å². The van der Waals surface area contributed by atoms with E-state index in [0.29, 0.717) is 42.5 Å². The molecule has 7 heteroatoms. The van der Waals surface area contributed by atoms with Crippen molar-refractivity contribution in [2.75, 3.05) is 19.8 Å². The summed E-state index contributed by atoms with van der Waals surface area (Å²) in [5.41, 5.74) is 2.31. The summed E-state index contributed by atoms with van der Waals surface area (Å²) in [5, 5.41) is 11.5. The van der Waals surface area contributed by atoms with Crippen LogP contribution in [0.3, 0.4) is 0 Å². The van der Waals surface area contributed by atoms with E-state index in [2.05, 4.69) is 6.92 Å². The highest BCUT2D eigenvalue weighted by Gasteiger charge is 2.45. The van der Waals surface area contributed by atoms with Crippen LogP contribution in [0, 0.1) is 0 Å². The van der Waals surface area contributed by atoms with Crippen LogP contribution in [-0.4, -0.2) is 47.6 Å². The van der Waals surface area contributed by atoms with Crippen LogP contribution in [0.2, 0.25) is 5.02 Å². The Hall–Kier alpha value is -2.83. The van der Waals surface area contributed by atoms with Crippen molar-refractivity contribution in [1.29, 1.82) is 0 Å². The van der Waals surface area contributed by atoms with Gasteiger partial charge in [0.2, 0.25) is 0 Å². The minimum atomic E-state index is -0.711. The number of aliphatic hydroxyl groups is 1. The number of aryl methyl sites for hydroxylation is 1. The molecular weight excluding hydrogens is 454 g/mol. The first-order valence-electron chi connectivity index (χ1n) is 11.7. The Morgan fingerprint density at radius 1 is 1.12 bits per heavy atom. The van der Waals surface area contributed by atoms with Gasteiger partial charge >= 0.3 is 0 Å². The second-order valence-corrected chi connectivity index (χ2v) is 8.85. The van der Waals surface area contributed by atoms with Crippen LogP contribution >= 0.6 is 11.6 Å². The van der Waals surface area contributed by atoms with Gasteiger partial charge in [-0.15, -0.1) is 0 Å². The largest absolute Gasteiger partial charge is 0.507 e. The van der Waals surface area contributed by atoms with Crippen molar-refractivity contribution < 1.29 is 24.2 Å². The van der Waals surface area contributed by atoms with Gasteiger partial charge in [0, 0.05) is 18.7 Å². The maximum atomic E-state index is 13.1. The molecule has 6 nitrogen and oxygen atoms in total. The molecule has 2 aromatic rings. The fraction of sp³-hybridized carbons (Fsp3) is 0.407. The maximum Gasteiger partial charge on any atom is 0.295 e. The van der Waals surface area contributed by atoms with E-state index in [9.17, 15) is 14.7 Å². The molecule has 3 rings (SSSR count). The molecule has 1 saturated heterocycles. The highest BCUT2D eigenvalue weighted by Crippen LogP contribution is 2.40. The molecule has 1 atom stereocenters. The highest BCUT2D eigenvalue weighted by atomic mass is 35.5. The number of nitrogens with zero attached hydrogens (tertiary/aromatic N) is 1. The second-order valence-electron chi connectivity index (χ2n) is 8.44. The van der Waals surface area contributed by atoms with E-state index < -0.39 is 17.7 Å². The quantitative estimate of drug-likeness (QED) is 0.207. The Kier molecular flexibility index (Phi) is 8.75. The zero-order valence-electron chi connectivity index (χ0n) is 20.1. The monoisotopic (exact) mass is 485 g/mol. The topological polar surface area (TPSA) is 76.1 Å². The number of hydrogen-bond donors (Lipinski definition) is 1. The fourth-order valence-electron chi connectivity index (χ4n) is 4.02. The Bertz CT molecular complexity index is 1060. The number of halogens is 1. The minimum absolute atomic E-state index is 0.0549. The van der Waals surface area contributed by atoms with Gasteiger partial charge in [-0.3, -0.25) is 9.59 Å². The van der Waals surface area contributed by atoms with Gasteiger partial charge in [0.1, 0.15) is 11.5 Å². The predicted octanol–water partition coefficient (Wildman–Crippen LogP) is 5.54. The predicted molar refractivity (Wildman–Crippen MR) is 133 cm³/mol. The minimum Gasteiger partial charge on any atom is -0.507 e. The summed E-state index contributed by atoms with van der Waals surface area (Å²) in [5.74, 6) is -1.11. The van der Waals surface area contributed by atoms with Crippen LogP contribution in [-0.2, 0) is 20.7 Å². The van der Waals surface area contributed by atoms with Crippen LogP contribution in [0.1, 0.15) is 56.8 Å². The van der Waals surface area contributed by atoms with Crippen molar-refractivity contribution in [1.82, 2.24) is 4.90 Å². The Balaban J connectivity index is 2.04. The Labute approximate surface area is 206 Å². The molecule has 0 aromatic heterocycles. The lowest BCUT2D eigenvalue weighted by atomic mass is 9.94. The number of aliphatic hydroxyl groups excluding tert-OH is 1. The average Bonchev–Trinajstić information content (AvgIpc) is 3.07. The molecule has 1 fully saturated rings. The van der Waals surface area contributed by atoms with Crippen molar-refractivity contribution in [2.45, 2.75) is 52.7 Å². The summed E-state index contributed by atoms with van der Waals surface area (Å²) < 4.78 is 11.1. The van der Waals surface area contributed by atoms with Gasteiger partial charge in [0.15, 0.2) is 0 Å². The van der Waals surface area contributed by atoms with Gasteiger partial charge in [-0.1, -0.05) is 42.8 Å². The Morgan fingerprint density at radius 3 is 2.41 bits per heavy atom. The van der Waals surface area contributed by atoms with Gasteiger partial charge in [-0.25, -0.2) is 0 Å². The summed E-state index contributed by atoms with van der Waals surface area (Å²) >= 11 is 6.31. The van der Waals surface area contributed by atoms with Crippen molar-refractivity contribution in [3.05, 3.63) is 69.8 Å². The van der Waals surface area contributed by atoms with Gasteiger partial charge < -0.3 is 19.5 Å². The van der Waals surface area contributed by atoms with E-state index >= 15 is 0 Å². The lowest BCUT2D eigenvalue weighted by Crippen LogP contribution is -2.31.